The molecule has 1 saturated heterocycles. The first-order valence-electron chi connectivity index (χ1n) is 6.43. The average Bonchev–Trinajstić information content (AvgIpc) is 2.99. The molecule has 0 atom stereocenters. The molecule has 0 radical (unpaired) electrons. The van der Waals surface area contributed by atoms with E-state index in [4.69, 9.17) is 9.47 Å². The van der Waals surface area contributed by atoms with E-state index in [1.807, 2.05) is 13.0 Å². The number of nitrogens with zero attached hydrogens (tertiary/aromatic N) is 1. The van der Waals surface area contributed by atoms with Crippen molar-refractivity contribution in [2.75, 3.05) is 13.3 Å². The molecule has 1 N–H and O–H groups in total. The Hall–Kier alpha value is -2.50. The minimum Gasteiger partial charge on any atom is -0.454 e. The van der Waals surface area contributed by atoms with Crippen LogP contribution in [0.4, 0.5) is 4.79 Å². The molecule has 1 fully saturated rings. The van der Waals surface area contributed by atoms with E-state index in [2.05, 4.69) is 5.32 Å². The summed E-state index contributed by atoms with van der Waals surface area (Å²) in [4.78, 5) is 24.9. The summed E-state index contributed by atoms with van der Waals surface area (Å²) < 4.78 is 10.5. The second-order valence-electron chi connectivity index (χ2n) is 4.56. The molecule has 1 aromatic rings. The number of fused-ring (bicyclic) bond motifs is 1. The van der Waals surface area contributed by atoms with Crippen LogP contribution in [-0.2, 0) is 4.79 Å². The Morgan fingerprint density at radius 1 is 1.30 bits per heavy atom. The predicted octanol–water partition coefficient (Wildman–Crippen LogP) is 1.72. The van der Waals surface area contributed by atoms with Gasteiger partial charge in [-0.2, -0.15) is 0 Å². The molecule has 1 aromatic carbocycles. The zero-order chi connectivity index (χ0) is 14.1. The van der Waals surface area contributed by atoms with Crippen LogP contribution in [0.15, 0.2) is 23.9 Å². The first kappa shape index (κ1) is 12.5. The maximum absolute atomic E-state index is 12.1. The zero-order valence-electron chi connectivity index (χ0n) is 11.0. The van der Waals surface area contributed by atoms with E-state index in [-0.39, 0.29) is 24.4 Å². The molecule has 6 heteroatoms. The maximum Gasteiger partial charge on any atom is 0.329 e. The molecule has 2 heterocycles. The number of urea groups is 1. The van der Waals surface area contributed by atoms with E-state index in [9.17, 15) is 9.59 Å². The van der Waals surface area contributed by atoms with Crippen LogP contribution in [-0.4, -0.2) is 30.2 Å². The molecule has 3 rings (SSSR count). The van der Waals surface area contributed by atoms with Gasteiger partial charge in [-0.1, -0.05) is 13.0 Å². The van der Waals surface area contributed by atoms with Gasteiger partial charge in [0.25, 0.3) is 5.91 Å². The van der Waals surface area contributed by atoms with Crippen molar-refractivity contribution in [1.82, 2.24) is 10.2 Å². The van der Waals surface area contributed by atoms with Gasteiger partial charge in [-0.3, -0.25) is 9.69 Å². The van der Waals surface area contributed by atoms with Gasteiger partial charge in [-0.15, -0.1) is 0 Å². The number of imide groups is 1. The molecule has 0 unspecified atom stereocenters. The number of rotatable bonds is 3. The summed E-state index contributed by atoms with van der Waals surface area (Å²) in [5, 5.41) is 2.58. The summed E-state index contributed by atoms with van der Waals surface area (Å²) in [6.45, 7) is 2.54. The highest BCUT2D eigenvalue weighted by Crippen LogP contribution is 2.33. The van der Waals surface area contributed by atoms with Gasteiger partial charge in [0.2, 0.25) is 6.79 Å². The molecule has 6 nitrogen and oxygen atoms in total. The minimum atomic E-state index is -0.371. The van der Waals surface area contributed by atoms with Crippen molar-refractivity contribution >= 4 is 18.0 Å². The summed E-state index contributed by atoms with van der Waals surface area (Å²) in [7, 11) is 0. The SMILES string of the molecule is CCCN1C(=O)N/C(=C/c2ccc3c(c2)OCO3)C1=O. The van der Waals surface area contributed by atoms with E-state index in [1.165, 1.54) is 4.90 Å². The average molecular weight is 274 g/mol. The Balaban J connectivity index is 1.86. The molecule has 0 aliphatic carbocycles. The third-order valence-electron chi connectivity index (χ3n) is 3.12. The smallest absolute Gasteiger partial charge is 0.329 e. The van der Waals surface area contributed by atoms with Crippen LogP contribution < -0.4 is 14.8 Å². The molecule has 3 amide bonds. The highest BCUT2D eigenvalue weighted by Gasteiger charge is 2.32. The van der Waals surface area contributed by atoms with Crippen molar-refractivity contribution in [2.24, 2.45) is 0 Å². The standard InChI is InChI=1S/C14H14N2O4/c1-2-5-16-13(17)10(15-14(16)18)6-9-3-4-11-12(7-9)20-8-19-11/h3-4,6-7H,2,5,8H2,1H3,(H,15,18)/b10-6+. The molecular weight excluding hydrogens is 260 g/mol. The van der Waals surface area contributed by atoms with Gasteiger partial charge in [-0.25, -0.2) is 4.79 Å². The summed E-state index contributed by atoms with van der Waals surface area (Å²) in [6, 6.07) is 4.99. The lowest BCUT2D eigenvalue weighted by Crippen LogP contribution is -2.31. The Morgan fingerprint density at radius 2 is 2.10 bits per heavy atom. The van der Waals surface area contributed by atoms with Gasteiger partial charge in [0, 0.05) is 6.54 Å². The van der Waals surface area contributed by atoms with Crippen LogP contribution in [0.5, 0.6) is 11.5 Å². The Labute approximate surface area is 116 Å². The van der Waals surface area contributed by atoms with Crippen LogP contribution >= 0.6 is 0 Å². The Bertz CT molecular complexity index is 609. The minimum absolute atomic E-state index is 0.204. The zero-order valence-corrected chi connectivity index (χ0v) is 11.0. The van der Waals surface area contributed by atoms with Crippen molar-refractivity contribution in [2.45, 2.75) is 13.3 Å². The number of hydrogen-bond acceptors (Lipinski definition) is 4. The van der Waals surface area contributed by atoms with E-state index < -0.39 is 0 Å². The summed E-state index contributed by atoms with van der Waals surface area (Å²) in [5.74, 6) is 1.03. The van der Waals surface area contributed by atoms with E-state index in [0.717, 1.165) is 12.0 Å². The van der Waals surface area contributed by atoms with Gasteiger partial charge < -0.3 is 14.8 Å². The monoisotopic (exact) mass is 274 g/mol. The highest BCUT2D eigenvalue weighted by molar-refractivity contribution is 6.13. The molecule has 2 aliphatic heterocycles. The van der Waals surface area contributed by atoms with Gasteiger partial charge in [0.05, 0.1) is 0 Å². The molecule has 0 aromatic heterocycles. The lowest BCUT2D eigenvalue weighted by molar-refractivity contribution is -0.122. The van der Waals surface area contributed by atoms with Gasteiger partial charge in [-0.05, 0) is 30.2 Å². The lowest BCUT2D eigenvalue weighted by Gasteiger charge is -2.08. The van der Waals surface area contributed by atoms with E-state index in [0.29, 0.717) is 18.0 Å². The van der Waals surface area contributed by atoms with Gasteiger partial charge in [0.1, 0.15) is 5.70 Å². The Kier molecular flexibility index (Phi) is 3.06. The fourth-order valence-corrected chi connectivity index (χ4v) is 2.17. The highest BCUT2D eigenvalue weighted by atomic mass is 16.7. The number of nitrogens with one attached hydrogen (secondary N) is 1. The molecule has 0 saturated carbocycles. The third-order valence-corrected chi connectivity index (χ3v) is 3.12. The number of benzene rings is 1. The molecule has 20 heavy (non-hydrogen) atoms. The number of hydrogen-bond donors (Lipinski definition) is 1. The first-order chi connectivity index (χ1) is 9.69. The second kappa shape index (κ2) is 4.88. The quantitative estimate of drug-likeness (QED) is 0.673. The second-order valence-corrected chi connectivity index (χ2v) is 4.56. The summed E-state index contributed by atoms with van der Waals surface area (Å²) >= 11 is 0. The van der Waals surface area contributed by atoms with Crippen LogP contribution in [0.2, 0.25) is 0 Å². The molecular formula is C14H14N2O4. The largest absolute Gasteiger partial charge is 0.454 e. The predicted molar refractivity (Wildman–Crippen MR) is 71.1 cm³/mol. The van der Waals surface area contributed by atoms with Crippen molar-refractivity contribution in [1.29, 1.82) is 0 Å². The van der Waals surface area contributed by atoms with Gasteiger partial charge in [0.15, 0.2) is 11.5 Å². The fraction of sp³-hybridized carbons (Fsp3) is 0.286. The summed E-state index contributed by atoms with van der Waals surface area (Å²) in [6.07, 6.45) is 2.37. The van der Waals surface area contributed by atoms with Crippen molar-refractivity contribution in [3.63, 3.8) is 0 Å². The van der Waals surface area contributed by atoms with Crippen molar-refractivity contribution in [3.8, 4) is 11.5 Å². The molecule has 2 aliphatic rings. The molecule has 0 bridgehead atoms. The number of ether oxygens (including phenoxy) is 2. The van der Waals surface area contributed by atoms with Crippen LogP contribution in [0.1, 0.15) is 18.9 Å². The maximum atomic E-state index is 12.1. The number of carbonyl (C=O) groups excluding carboxylic acids is 2. The normalized spacial score (nSPS) is 18.9. The van der Waals surface area contributed by atoms with Crippen molar-refractivity contribution < 1.29 is 19.1 Å². The third kappa shape index (κ3) is 2.09. The first-order valence-corrected chi connectivity index (χ1v) is 6.43. The van der Waals surface area contributed by atoms with Crippen LogP contribution in [0.25, 0.3) is 6.08 Å². The van der Waals surface area contributed by atoms with E-state index >= 15 is 0 Å². The topological polar surface area (TPSA) is 67.9 Å². The molecule has 0 spiro atoms. The summed E-state index contributed by atoms with van der Waals surface area (Å²) in [5.41, 5.74) is 1.05. The van der Waals surface area contributed by atoms with Crippen molar-refractivity contribution in [3.05, 3.63) is 29.5 Å². The fourth-order valence-electron chi connectivity index (χ4n) is 2.17. The number of carbonyl (C=O) groups is 2. The van der Waals surface area contributed by atoms with E-state index in [1.54, 1.807) is 18.2 Å². The molecule has 104 valence electrons. The number of amides is 3. The van der Waals surface area contributed by atoms with Crippen LogP contribution in [0, 0.1) is 0 Å². The van der Waals surface area contributed by atoms with Gasteiger partial charge >= 0.3 is 6.03 Å². The lowest BCUT2D eigenvalue weighted by atomic mass is 10.1. The Morgan fingerprint density at radius 3 is 2.90 bits per heavy atom. The van der Waals surface area contributed by atoms with Crippen LogP contribution in [0.3, 0.4) is 0 Å².